The first-order valence-corrected chi connectivity index (χ1v) is 4.62. The third-order valence-electron chi connectivity index (χ3n) is 3.21. The predicted octanol–water partition coefficient (Wildman–Crippen LogP) is 0.542. The van der Waals surface area contributed by atoms with Crippen molar-refractivity contribution >= 4 is 0 Å². The molecule has 70 valence electrons. The SMILES string of the molecule is CO[C@@H]1CN[C@@H](C2(OC)CC2)C1. The van der Waals surface area contributed by atoms with Gasteiger partial charge in [0.1, 0.15) is 0 Å². The molecule has 0 spiro atoms. The first-order chi connectivity index (χ1) is 5.80. The Bertz CT molecular complexity index is 168. The van der Waals surface area contributed by atoms with Gasteiger partial charge < -0.3 is 14.8 Å². The van der Waals surface area contributed by atoms with Crippen molar-refractivity contribution in [2.45, 2.75) is 37.0 Å². The number of nitrogens with one attached hydrogen (secondary N) is 1. The maximum atomic E-state index is 5.51. The summed E-state index contributed by atoms with van der Waals surface area (Å²) in [6.07, 6.45) is 3.90. The van der Waals surface area contributed by atoms with E-state index in [1.165, 1.54) is 12.8 Å². The van der Waals surface area contributed by atoms with Gasteiger partial charge in [0.2, 0.25) is 0 Å². The number of ether oxygens (including phenoxy) is 2. The topological polar surface area (TPSA) is 30.5 Å². The first kappa shape index (κ1) is 8.48. The van der Waals surface area contributed by atoms with Crippen molar-refractivity contribution < 1.29 is 9.47 Å². The second kappa shape index (κ2) is 2.98. The highest BCUT2D eigenvalue weighted by molar-refractivity contribution is 5.08. The summed E-state index contributed by atoms with van der Waals surface area (Å²) in [5.41, 5.74) is 0.160. The minimum Gasteiger partial charge on any atom is -0.380 e. The molecule has 1 N–H and O–H groups in total. The molecule has 0 radical (unpaired) electrons. The van der Waals surface area contributed by atoms with Gasteiger partial charge in [-0.25, -0.2) is 0 Å². The molecule has 1 saturated carbocycles. The first-order valence-electron chi connectivity index (χ1n) is 4.62. The second-order valence-electron chi connectivity index (χ2n) is 3.82. The standard InChI is InChI=1S/C9H17NO2/c1-11-7-5-8(10-6-7)9(12-2)3-4-9/h7-8,10H,3-6H2,1-2H3/t7-,8+/m0/s1. The van der Waals surface area contributed by atoms with Crippen molar-refractivity contribution in [3.8, 4) is 0 Å². The van der Waals surface area contributed by atoms with E-state index in [0.29, 0.717) is 12.1 Å². The monoisotopic (exact) mass is 171 g/mol. The Morgan fingerprint density at radius 2 is 2.08 bits per heavy atom. The van der Waals surface area contributed by atoms with E-state index in [9.17, 15) is 0 Å². The highest BCUT2D eigenvalue weighted by atomic mass is 16.5. The van der Waals surface area contributed by atoms with Crippen LogP contribution in [0.5, 0.6) is 0 Å². The van der Waals surface area contributed by atoms with E-state index in [4.69, 9.17) is 9.47 Å². The molecule has 1 aliphatic heterocycles. The minimum atomic E-state index is 0.160. The molecule has 0 aromatic rings. The third-order valence-corrected chi connectivity index (χ3v) is 3.21. The van der Waals surface area contributed by atoms with Crippen LogP contribution in [0.4, 0.5) is 0 Å². The largest absolute Gasteiger partial charge is 0.380 e. The Hall–Kier alpha value is -0.120. The normalized spacial score (nSPS) is 38.5. The van der Waals surface area contributed by atoms with Crippen LogP contribution in [0.2, 0.25) is 0 Å². The second-order valence-corrected chi connectivity index (χ2v) is 3.82. The van der Waals surface area contributed by atoms with Crippen molar-refractivity contribution in [2.24, 2.45) is 0 Å². The van der Waals surface area contributed by atoms with E-state index < -0.39 is 0 Å². The zero-order valence-electron chi connectivity index (χ0n) is 7.80. The maximum Gasteiger partial charge on any atom is 0.0834 e. The lowest BCUT2D eigenvalue weighted by Gasteiger charge is -2.21. The lowest BCUT2D eigenvalue weighted by atomic mass is 10.1. The molecule has 2 atom stereocenters. The molecule has 1 aliphatic carbocycles. The van der Waals surface area contributed by atoms with Crippen LogP contribution in [0, 0.1) is 0 Å². The summed E-state index contributed by atoms with van der Waals surface area (Å²) in [5.74, 6) is 0. The van der Waals surface area contributed by atoms with E-state index in [1.54, 1.807) is 7.11 Å². The summed E-state index contributed by atoms with van der Waals surface area (Å²) in [4.78, 5) is 0. The molecule has 0 amide bonds. The third kappa shape index (κ3) is 1.26. The lowest BCUT2D eigenvalue weighted by Crippen LogP contribution is -2.37. The van der Waals surface area contributed by atoms with Gasteiger partial charge in [0.25, 0.3) is 0 Å². The molecular formula is C9H17NO2. The summed E-state index contributed by atoms with van der Waals surface area (Å²) < 4.78 is 10.8. The Labute approximate surface area is 73.4 Å². The van der Waals surface area contributed by atoms with E-state index >= 15 is 0 Å². The van der Waals surface area contributed by atoms with E-state index in [1.807, 2.05) is 7.11 Å². The molecule has 2 fully saturated rings. The van der Waals surface area contributed by atoms with Gasteiger partial charge in [-0.15, -0.1) is 0 Å². The van der Waals surface area contributed by atoms with Gasteiger partial charge >= 0.3 is 0 Å². The molecule has 3 heteroatoms. The molecular weight excluding hydrogens is 154 g/mol. The van der Waals surface area contributed by atoms with Gasteiger partial charge in [-0.1, -0.05) is 0 Å². The van der Waals surface area contributed by atoms with Gasteiger partial charge in [-0.2, -0.15) is 0 Å². The van der Waals surface area contributed by atoms with Crippen molar-refractivity contribution in [2.75, 3.05) is 20.8 Å². The predicted molar refractivity (Wildman–Crippen MR) is 46.2 cm³/mol. The van der Waals surface area contributed by atoms with Crippen LogP contribution < -0.4 is 5.32 Å². The number of rotatable bonds is 3. The van der Waals surface area contributed by atoms with Gasteiger partial charge in [-0.3, -0.25) is 0 Å². The van der Waals surface area contributed by atoms with E-state index in [-0.39, 0.29) is 5.60 Å². The van der Waals surface area contributed by atoms with Gasteiger partial charge in [0.05, 0.1) is 11.7 Å². The van der Waals surface area contributed by atoms with Crippen LogP contribution in [0.25, 0.3) is 0 Å². The smallest absolute Gasteiger partial charge is 0.0834 e. The summed E-state index contributed by atoms with van der Waals surface area (Å²) in [6.45, 7) is 0.978. The quantitative estimate of drug-likeness (QED) is 0.672. The molecule has 12 heavy (non-hydrogen) atoms. The summed E-state index contributed by atoms with van der Waals surface area (Å²) in [6, 6.07) is 0.521. The molecule has 0 aromatic heterocycles. The molecule has 1 heterocycles. The molecule has 0 aromatic carbocycles. The van der Waals surface area contributed by atoms with Crippen LogP contribution in [-0.2, 0) is 9.47 Å². The Balaban J connectivity index is 1.90. The highest BCUT2D eigenvalue weighted by Gasteiger charge is 2.52. The fourth-order valence-electron chi connectivity index (χ4n) is 2.10. The molecule has 2 aliphatic rings. The Kier molecular flexibility index (Phi) is 2.10. The molecule has 2 rings (SSSR count). The van der Waals surface area contributed by atoms with Crippen molar-refractivity contribution in [3.63, 3.8) is 0 Å². The van der Waals surface area contributed by atoms with Crippen LogP contribution >= 0.6 is 0 Å². The maximum absolute atomic E-state index is 5.51. The van der Waals surface area contributed by atoms with E-state index in [0.717, 1.165) is 13.0 Å². The summed E-state index contributed by atoms with van der Waals surface area (Å²) in [5, 5.41) is 3.46. The van der Waals surface area contributed by atoms with Crippen molar-refractivity contribution in [1.82, 2.24) is 5.32 Å². The Morgan fingerprint density at radius 3 is 2.50 bits per heavy atom. The number of hydrogen-bond acceptors (Lipinski definition) is 3. The average Bonchev–Trinajstić information content (AvgIpc) is 2.77. The Morgan fingerprint density at radius 1 is 1.33 bits per heavy atom. The molecule has 1 saturated heterocycles. The zero-order valence-corrected chi connectivity index (χ0v) is 7.80. The van der Waals surface area contributed by atoms with Crippen LogP contribution in [-0.4, -0.2) is 38.5 Å². The average molecular weight is 171 g/mol. The van der Waals surface area contributed by atoms with Crippen molar-refractivity contribution in [3.05, 3.63) is 0 Å². The number of methoxy groups -OCH3 is 2. The highest BCUT2D eigenvalue weighted by Crippen LogP contribution is 2.44. The van der Waals surface area contributed by atoms with Gasteiger partial charge in [0, 0.05) is 26.8 Å². The van der Waals surface area contributed by atoms with Crippen LogP contribution in [0.3, 0.4) is 0 Å². The molecule has 0 unspecified atom stereocenters. The molecule has 3 nitrogen and oxygen atoms in total. The zero-order chi connectivity index (χ0) is 8.60. The van der Waals surface area contributed by atoms with Crippen LogP contribution in [0.1, 0.15) is 19.3 Å². The summed E-state index contributed by atoms with van der Waals surface area (Å²) in [7, 11) is 3.59. The number of hydrogen-bond donors (Lipinski definition) is 1. The van der Waals surface area contributed by atoms with Crippen molar-refractivity contribution in [1.29, 1.82) is 0 Å². The van der Waals surface area contributed by atoms with Gasteiger partial charge in [-0.05, 0) is 19.3 Å². The summed E-state index contributed by atoms with van der Waals surface area (Å²) >= 11 is 0. The minimum absolute atomic E-state index is 0.160. The fraction of sp³-hybridized carbons (Fsp3) is 1.00. The van der Waals surface area contributed by atoms with E-state index in [2.05, 4.69) is 5.32 Å². The lowest BCUT2D eigenvalue weighted by molar-refractivity contribution is 0.0439. The molecule has 0 bridgehead atoms. The van der Waals surface area contributed by atoms with Gasteiger partial charge in [0.15, 0.2) is 0 Å². The fourth-order valence-corrected chi connectivity index (χ4v) is 2.10. The van der Waals surface area contributed by atoms with Crippen LogP contribution in [0.15, 0.2) is 0 Å².